The van der Waals surface area contributed by atoms with Gasteiger partial charge in [0.1, 0.15) is 11.6 Å². The minimum Gasteiger partial charge on any atom is -0.486 e. The monoisotopic (exact) mass is 330 g/mol. The summed E-state index contributed by atoms with van der Waals surface area (Å²) in [7, 11) is 1.70. The number of halogens is 2. The number of methoxy groups -OCH3 is 1. The highest BCUT2D eigenvalue weighted by Crippen LogP contribution is 2.19. The number of alkyl halides is 2. The second-order valence-electron chi connectivity index (χ2n) is 5.52. The van der Waals surface area contributed by atoms with Crippen LogP contribution in [-0.2, 0) is 4.74 Å². The lowest BCUT2D eigenvalue weighted by molar-refractivity contribution is -0.0320. The number of nitrogens with zero attached hydrogens (tertiary/aromatic N) is 3. The van der Waals surface area contributed by atoms with Crippen LogP contribution in [0.3, 0.4) is 0 Å². The van der Waals surface area contributed by atoms with E-state index in [0.717, 1.165) is 45.1 Å². The molecule has 0 spiro atoms. The number of nitrogens with two attached hydrogens (primary N) is 1. The van der Waals surface area contributed by atoms with Gasteiger partial charge in [0.15, 0.2) is 6.61 Å². The van der Waals surface area contributed by atoms with Crippen molar-refractivity contribution in [3.8, 4) is 5.75 Å². The summed E-state index contributed by atoms with van der Waals surface area (Å²) >= 11 is 0. The first kappa shape index (κ1) is 17.8. The van der Waals surface area contributed by atoms with Gasteiger partial charge in [0.05, 0.1) is 19.3 Å². The van der Waals surface area contributed by atoms with Gasteiger partial charge in [0, 0.05) is 39.8 Å². The van der Waals surface area contributed by atoms with Gasteiger partial charge in [-0.3, -0.25) is 4.90 Å². The van der Waals surface area contributed by atoms with Crippen LogP contribution < -0.4 is 15.4 Å². The van der Waals surface area contributed by atoms with Crippen LogP contribution in [0.25, 0.3) is 0 Å². The van der Waals surface area contributed by atoms with Crippen molar-refractivity contribution in [2.24, 2.45) is 5.73 Å². The molecule has 1 aliphatic rings. The van der Waals surface area contributed by atoms with Gasteiger partial charge >= 0.3 is 0 Å². The fourth-order valence-electron chi connectivity index (χ4n) is 2.31. The molecule has 2 heterocycles. The Morgan fingerprint density at radius 2 is 2.00 bits per heavy atom. The Morgan fingerprint density at radius 3 is 2.57 bits per heavy atom. The van der Waals surface area contributed by atoms with Crippen molar-refractivity contribution < 1.29 is 18.3 Å². The van der Waals surface area contributed by atoms with Crippen molar-refractivity contribution in [1.82, 2.24) is 9.88 Å². The summed E-state index contributed by atoms with van der Waals surface area (Å²) in [6.45, 7) is 3.86. The molecule has 130 valence electrons. The van der Waals surface area contributed by atoms with Crippen molar-refractivity contribution in [2.45, 2.75) is 5.92 Å². The highest BCUT2D eigenvalue weighted by atomic mass is 19.3. The zero-order chi connectivity index (χ0) is 16.7. The molecule has 0 saturated carbocycles. The summed E-state index contributed by atoms with van der Waals surface area (Å²) in [6.07, 6.45) is 1.47. The summed E-state index contributed by atoms with van der Waals surface area (Å²) in [5.41, 5.74) is 4.97. The van der Waals surface area contributed by atoms with Gasteiger partial charge in [-0.25, -0.2) is 13.8 Å². The van der Waals surface area contributed by atoms with Crippen LogP contribution in [0.2, 0.25) is 0 Å². The van der Waals surface area contributed by atoms with E-state index >= 15 is 0 Å². The number of rotatable bonds is 8. The highest BCUT2D eigenvalue weighted by molar-refractivity contribution is 5.41. The molecule has 8 heteroatoms. The number of piperazine rings is 1. The Morgan fingerprint density at radius 1 is 1.26 bits per heavy atom. The molecule has 0 aromatic carbocycles. The maximum Gasteiger partial charge on any atom is 0.293 e. The predicted molar refractivity (Wildman–Crippen MR) is 84.3 cm³/mol. The Bertz CT molecular complexity index is 465. The van der Waals surface area contributed by atoms with Crippen LogP contribution in [0.5, 0.6) is 5.75 Å². The van der Waals surface area contributed by atoms with Crippen LogP contribution in [-0.4, -0.2) is 75.4 Å². The van der Waals surface area contributed by atoms with Crippen molar-refractivity contribution >= 4 is 5.82 Å². The lowest BCUT2D eigenvalue weighted by Gasteiger charge is -2.35. The molecule has 2 rings (SSSR count). The molecule has 6 nitrogen and oxygen atoms in total. The fourth-order valence-corrected chi connectivity index (χ4v) is 2.31. The number of hydrogen-bond donors (Lipinski definition) is 1. The first-order valence-corrected chi connectivity index (χ1v) is 7.67. The van der Waals surface area contributed by atoms with Gasteiger partial charge < -0.3 is 20.1 Å². The van der Waals surface area contributed by atoms with E-state index in [0.29, 0.717) is 5.75 Å². The van der Waals surface area contributed by atoms with E-state index in [1.165, 1.54) is 6.20 Å². The molecule has 0 unspecified atom stereocenters. The van der Waals surface area contributed by atoms with E-state index in [2.05, 4.69) is 14.8 Å². The molecule has 1 saturated heterocycles. The second kappa shape index (κ2) is 8.37. The predicted octanol–water partition coefficient (Wildman–Crippen LogP) is 0.823. The maximum atomic E-state index is 13.0. The lowest BCUT2D eigenvalue weighted by Crippen LogP contribution is -2.47. The smallest absolute Gasteiger partial charge is 0.293 e. The van der Waals surface area contributed by atoms with E-state index in [9.17, 15) is 8.78 Å². The average molecular weight is 330 g/mol. The number of aromatic nitrogens is 1. The van der Waals surface area contributed by atoms with Crippen LogP contribution in [0, 0.1) is 0 Å². The Labute approximate surface area is 135 Å². The molecule has 0 aliphatic carbocycles. The van der Waals surface area contributed by atoms with Gasteiger partial charge in [0.25, 0.3) is 5.92 Å². The second-order valence-corrected chi connectivity index (χ2v) is 5.52. The number of hydrogen-bond acceptors (Lipinski definition) is 6. The minimum atomic E-state index is -3.02. The number of anilines is 1. The minimum absolute atomic E-state index is 0.320. The molecule has 1 aliphatic heterocycles. The van der Waals surface area contributed by atoms with Gasteiger partial charge in [0.2, 0.25) is 0 Å². The maximum absolute atomic E-state index is 13.0. The highest BCUT2D eigenvalue weighted by Gasteiger charge is 2.27. The van der Waals surface area contributed by atoms with Crippen LogP contribution in [0.4, 0.5) is 14.6 Å². The molecule has 1 fully saturated rings. The van der Waals surface area contributed by atoms with Gasteiger partial charge in [-0.05, 0) is 12.1 Å². The largest absolute Gasteiger partial charge is 0.486 e. The normalized spacial score (nSPS) is 16.6. The van der Waals surface area contributed by atoms with E-state index in [1.54, 1.807) is 19.2 Å². The first-order valence-electron chi connectivity index (χ1n) is 7.67. The van der Waals surface area contributed by atoms with Gasteiger partial charge in [-0.1, -0.05) is 0 Å². The Kier molecular flexibility index (Phi) is 6.49. The molecule has 1 aromatic heterocycles. The van der Waals surface area contributed by atoms with Crippen LogP contribution >= 0.6 is 0 Å². The Hall–Kier alpha value is -1.51. The summed E-state index contributed by atoms with van der Waals surface area (Å²) in [5.74, 6) is -1.87. The zero-order valence-corrected chi connectivity index (χ0v) is 13.4. The summed E-state index contributed by atoms with van der Waals surface area (Å²) in [6, 6.07) is 3.45. The number of pyridine rings is 1. The fraction of sp³-hybridized carbons (Fsp3) is 0.667. The SMILES string of the molecule is COCCN1CCN(c2ccc(OCC(F)(F)CN)cn2)CC1. The summed E-state index contributed by atoms with van der Waals surface area (Å²) in [5, 5.41) is 0. The van der Waals surface area contributed by atoms with E-state index in [4.69, 9.17) is 15.2 Å². The standard InChI is InChI=1S/C15H24F2N4O2/c1-22-9-8-20-4-6-21(7-5-20)14-3-2-13(10-19-14)23-12-15(16,17)11-18/h2-3,10H,4-9,11-12,18H2,1H3. The quantitative estimate of drug-likeness (QED) is 0.761. The summed E-state index contributed by atoms with van der Waals surface area (Å²) in [4.78, 5) is 8.81. The van der Waals surface area contributed by atoms with Gasteiger partial charge in [-0.2, -0.15) is 0 Å². The van der Waals surface area contributed by atoms with Crippen molar-refractivity contribution in [1.29, 1.82) is 0 Å². The van der Waals surface area contributed by atoms with Gasteiger partial charge in [-0.15, -0.1) is 0 Å². The van der Waals surface area contributed by atoms with Crippen LogP contribution in [0.15, 0.2) is 18.3 Å². The van der Waals surface area contributed by atoms with E-state index < -0.39 is 19.1 Å². The number of ether oxygens (including phenoxy) is 2. The Balaban J connectivity index is 1.81. The molecule has 0 bridgehead atoms. The van der Waals surface area contributed by atoms with E-state index in [-0.39, 0.29) is 0 Å². The lowest BCUT2D eigenvalue weighted by atomic mass is 10.3. The topological polar surface area (TPSA) is 63.9 Å². The molecule has 0 amide bonds. The van der Waals surface area contributed by atoms with Crippen LogP contribution in [0.1, 0.15) is 0 Å². The zero-order valence-electron chi connectivity index (χ0n) is 13.4. The van der Waals surface area contributed by atoms with Crippen molar-refractivity contribution in [3.05, 3.63) is 18.3 Å². The van der Waals surface area contributed by atoms with Crippen molar-refractivity contribution in [3.63, 3.8) is 0 Å². The third-order valence-electron chi connectivity index (χ3n) is 3.78. The first-order chi connectivity index (χ1) is 11.0. The molecule has 2 N–H and O–H groups in total. The average Bonchev–Trinajstić information content (AvgIpc) is 2.59. The molecular weight excluding hydrogens is 306 g/mol. The van der Waals surface area contributed by atoms with Crippen molar-refractivity contribution in [2.75, 3.05) is 64.5 Å². The molecule has 0 radical (unpaired) electrons. The third-order valence-corrected chi connectivity index (χ3v) is 3.78. The van der Waals surface area contributed by atoms with E-state index in [1.807, 2.05) is 0 Å². The third kappa shape index (κ3) is 5.56. The molecular formula is C15H24F2N4O2. The molecule has 1 aromatic rings. The molecule has 0 atom stereocenters. The summed E-state index contributed by atoms with van der Waals surface area (Å²) < 4.78 is 36.2. The molecule has 23 heavy (non-hydrogen) atoms.